The number of urea groups is 1. The Kier molecular flexibility index (Phi) is 7.09. The molecule has 2 atom stereocenters. The molecule has 3 aliphatic rings. The molecule has 36 heavy (non-hydrogen) atoms. The zero-order valence-corrected chi connectivity index (χ0v) is 20.6. The summed E-state index contributed by atoms with van der Waals surface area (Å²) in [6.45, 7) is 2.76. The van der Waals surface area contributed by atoms with Crippen molar-refractivity contribution < 1.29 is 19.4 Å². The molecule has 3 N–H and O–H groups in total. The summed E-state index contributed by atoms with van der Waals surface area (Å²) in [6.07, 6.45) is 10.1. The Bertz CT molecular complexity index is 1210. The van der Waals surface area contributed by atoms with Crippen LogP contribution in [0.15, 0.2) is 53.9 Å². The SMILES string of the molecule is COc1ccnc2cc([C@H](CC(=O)O)N3CCN(CCCC4=CC=C5CCCNC5N4)C3=O)ccc12. The van der Waals surface area contributed by atoms with Crippen LogP contribution in [0, 0.1) is 0 Å². The van der Waals surface area contributed by atoms with Gasteiger partial charge in [-0.1, -0.05) is 12.1 Å². The minimum Gasteiger partial charge on any atom is -0.496 e. The second-order valence-corrected chi connectivity index (χ2v) is 9.54. The molecule has 9 nitrogen and oxygen atoms in total. The predicted octanol–water partition coefficient (Wildman–Crippen LogP) is 3.40. The number of carboxylic acids is 1. The molecule has 2 aromatic rings. The van der Waals surface area contributed by atoms with E-state index in [9.17, 15) is 14.7 Å². The van der Waals surface area contributed by atoms with E-state index in [1.54, 1.807) is 24.3 Å². The second kappa shape index (κ2) is 10.6. The Hall–Kier alpha value is -3.59. The minimum absolute atomic E-state index is 0.110. The Morgan fingerprint density at radius 3 is 3.00 bits per heavy atom. The molecule has 4 heterocycles. The lowest BCUT2D eigenvalue weighted by Gasteiger charge is -2.32. The second-order valence-electron chi connectivity index (χ2n) is 9.54. The van der Waals surface area contributed by atoms with Gasteiger partial charge in [-0.25, -0.2) is 4.79 Å². The van der Waals surface area contributed by atoms with Gasteiger partial charge in [0.15, 0.2) is 0 Å². The number of hydrogen-bond donors (Lipinski definition) is 3. The summed E-state index contributed by atoms with van der Waals surface area (Å²) in [5.74, 6) is -0.234. The number of allylic oxidation sites excluding steroid dienone is 3. The third-order valence-corrected chi connectivity index (χ3v) is 7.27. The number of carbonyl (C=O) groups is 2. The van der Waals surface area contributed by atoms with E-state index in [-0.39, 0.29) is 18.6 Å². The first-order valence-corrected chi connectivity index (χ1v) is 12.6. The van der Waals surface area contributed by atoms with Crippen LogP contribution in [0.5, 0.6) is 5.75 Å². The highest BCUT2D eigenvalue weighted by atomic mass is 16.5. The van der Waals surface area contributed by atoms with Crippen molar-refractivity contribution in [3.05, 3.63) is 59.4 Å². The van der Waals surface area contributed by atoms with Crippen molar-refractivity contribution in [3.8, 4) is 5.75 Å². The van der Waals surface area contributed by atoms with Crippen LogP contribution >= 0.6 is 0 Å². The smallest absolute Gasteiger partial charge is 0.320 e. The summed E-state index contributed by atoms with van der Waals surface area (Å²) in [6, 6.07) is 6.75. The van der Waals surface area contributed by atoms with Crippen molar-refractivity contribution in [3.63, 3.8) is 0 Å². The van der Waals surface area contributed by atoms with E-state index >= 15 is 0 Å². The van der Waals surface area contributed by atoms with E-state index in [1.165, 1.54) is 17.7 Å². The third-order valence-electron chi connectivity index (χ3n) is 7.27. The van der Waals surface area contributed by atoms with Crippen molar-refractivity contribution in [2.75, 3.05) is 33.3 Å². The average Bonchev–Trinajstić information content (AvgIpc) is 3.26. The highest BCUT2D eigenvalue weighted by Crippen LogP contribution is 2.32. The number of ether oxygens (including phenoxy) is 1. The summed E-state index contributed by atoms with van der Waals surface area (Å²) in [4.78, 5) is 33.0. The fourth-order valence-corrected chi connectivity index (χ4v) is 5.39. The number of rotatable bonds is 9. The molecule has 2 saturated heterocycles. The predicted molar refractivity (Wildman–Crippen MR) is 137 cm³/mol. The maximum atomic E-state index is 13.3. The fourth-order valence-electron chi connectivity index (χ4n) is 5.39. The number of aliphatic carboxylic acids is 1. The molecule has 0 aliphatic carbocycles. The number of methoxy groups -OCH3 is 1. The number of fused-ring (bicyclic) bond motifs is 2. The van der Waals surface area contributed by atoms with E-state index in [0.29, 0.717) is 30.9 Å². The van der Waals surface area contributed by atoms with Crippen molar-refractivity contribution >= 4 is 22.9 Å². The molecule has 1 unspecified atom stereocenters. The minimum atomic E-state index is -0.941. The standard InChI is InChI=1S/C27H33N5O4/c1-36-24-10-12-28-22-16-19(7-9-21(22)24)23(17-25(33)34)32-15-14-31(27(32)35)13-3-5-20-8-6-18-4-2-11-29-26(18)30-20/h6-10,12,16,23,26,29-30H,2-5,11,13-15,17H2,1H3,(H,33,34)/t23-,26?/m0/s1. The van der Waals surface area contributed by atoms with Gasteiger partial charge in [0.25, 0.3) is 0 Å². The number of piperidine rings is 1. The maximum absolute atomic E-state index is 13.3. The van der Waals surface area contributed by atoms with Crippen LogP contribution in [-0.2, 0) is 4.79 Å². The van der Waals surface area contributed by atoms with E-state index in [4.69, 9.17) is 4.74 Å². The molecule has 1 aromatic heterocycles. The van der Waals surface area contributed by atoms with Gasteiger partial charge in [-0.2, -0.15) is 0 Å². The number of nitrogens with zero attached hydrogens (tertiary/aromatic N) is 3. The van der Waals surface area contributed by atoms with E-state index in [2.05, 4.69) is 27.8 Å². The van der Waals surface area contributed by atoms with Gasteiger partial charge in [0.2, 0.25) is 0 Å². The highest BCUT2D eigenvalue weighted by molar-refractivity contribution is 5.86. The number of dihydropyridines is 1. The van der Waals surface area contributed by atoms with Gasteiger partial charge >= 0.3 is 12.0 Å². The Morgan fingerprint density at radius 2 is 2.17 bits per heavy atom. The summed E-state index contributed by atoms with van der Waals surface area (Å²) in [7, 11) is 1.61. The van der Waals surface area contributed by atoms with Crippen LogP contribution in [0.1, 0.15) is 43.7 Å². The van der Waals surface area contributed by atoms with Crippen molar-refractivity contribution in [1.82, 2.24) is 25.4 Å². The van der Waals surface area contributed by atoms with Gasteiger partial charge in [0.05, 0.1) is 31.3 Å². The normalized spacial score (nSPS) is 20.5. The fraction of sp³-hybridized carbons (Fsp3) is 0.444. The number of amides is 2. The van der Waals surface area contributed by atoms with Crippen molar-refractivity contribution in [2.45, 2.75) is 44.3 Å². The number of benzene rings is 1. The van der Waals surface area contributed by atoms with Crippen molar-refractivity contribution in [1.29, 1.82) is 0 Å². The first kappa shape index (κ1) is 24.1. The lowest BCUT2D eigenvalue weighted by molar-refractivity contribution is -0.138. The molecule has 9 heteroatoms. The first-order valence-electron chi connectivity index (χ1n) is 12.6. The number of aromatic nitrogens is 1. The molecule has 5 rings (SSSR count). The Morgan fingerprint density at radius 1 is 1.28 bits per heavy atom. The molecule has 0 bridgehead atoms. The highest BCUT2D eigenvalue weighted by Gasteiger charge is 2.35. The van der Waals surface area contributed by atoms with Crippen LogP contribution in [0.4, 0.5) is 4.79 Å². The zero-order chi connectivity index (χ0) is 25.1. The molecule has 1 aromatic carbocycles. The molecule has 0 saturated carbocycles. The lowest BCUT2D eigenvalue weighted by Crippen LogP contribution is -2.47. The lowest BCUT2D eigenvalue weighted by atomic mass is 9.99. The van der Waals surface area contributed by atoms with Gasteiger partial charge in [-0.05, 0) is 67.6 Å². The van der Waals surface area contributed by atoms with E-state index < -0.39 is 12.0 Å². The van der Waals surface area contributed by atoms with E-state index in [0.717, 1.165) is 36.8 Å². The summed E-state index contributed by atoms with van der Waals surface area (Å²) in [5, 5.41) is 17.5. The number of pyridine rings is 1. The molecule has 190 valence electrons. The zero-order valence-electron chi connectivity index (χ0n) is 20.6. The van der Waals surface area contributed by atoms with E-state index in [1.807, 2.05) is 23.1 Å². The monoisotopic (exact) mass is 491 g/mol. The average molecular weight is 492 g/mol. The molecule has 0 radical (unpaired) electrons. The van der Waals surface area contributed by atoms with Gasteiger partial charge in [-0.3, -0.25) is 15.1 Å². The Balaban J connectivity index is 1.24. The quantitative estimate of drug-likeness (QED) is 0.494. The third kappa shape index (κ3) is 5.02. The molecular weight excluding hydrogens is 458 g/mol. The first-order chi connectivity index (χ1) is 17.5. The summed E-state index contributed by atoms with van der Waals surface area (Å²) >= 11 is 0. The van der Waals surface area contributed by atoms with Gasteiger partial charge in [0.1, 0.15) is 5.75 Å². The van der Waals surface area contributed by atoms with Crippen LogP contribution in [0.2, 0.25) is 0 Å². The number of nitrogens with one attached hydrogen (secondary N) is 2. The molecule has 0 spiro atoms. The molecule has 2 amide bonds. The number of hydrogen-bond acceptors (Lipinski definition) is 6. The molecule has 2 fully saturated rings. The maximum Gasteiger partial charge on any atom is 0.320 e. The van der Waals surface area contributed by atoms with Crippen molar-refractivity contribution in [2.24, 2.45) is 0 Å². The van der Waals surface area contributed by atoms with Crippen LogP contribution in [0.3, 0.4) is 0 Å². The largest absolute Gasteiger partial charge is 0.496 e. The molecular formula is C27H33N5O4. The van der Waals surface area contributed by atoms with Gasteiger partial charge < -0.3 is 25.0 Å². The Labute approximate surface area is 210 Å². The van der Waals surface area contributed by atoms with Gasteiger partial charge in [-0.15, -0.1) is 0 Å². The molecule has 3 aliphatic heterocycles. The van der Waals surface area contributed by atoms with Crippen LogP contribution < -0.4 is 15.4 Å². The summed E-state index contributed by atoms with van der Waals surface area (Å²) < 4.78 is 5.41. The topological polar surface area (TPSA) is 107 Å². The summed E-state index contributed by atoms with van der Waals surface area (Å²) in [5.41, 5.74) is 4.07. The van der Waals surface area contributed by atoms with Crippen LogP contribution in [-0.4, -0.2) is 71.3 Å². The number of carboxylic acid groups (broad SMARTS) is 1. The number of carbonyl (C=O) groups excluding carboxylic acids is 1. The van der Waals surface area contributed by atoms with Gasteiger partial charge in [0, 0.05) is 36.9 Å². The van der Waals surface area contributed by atoms with Crippen LogP contribution in [0.25, 0.3) is 10.9 Å².